The Morgan fingerprint density at radius 3 is 2.47 bits per heavy atom. The molecule has 0 saturated carbocycles. The Morgan fingerprint density at radius 1 is 0.938 bits per heavy atom. The fourth-order valence-corrected chi connectivity index (χ4v) is 3.76. The van der Waals surface area contributed by atoms with Crippen molar-refractivity contribution in [3.05, 3.63) is 72.8 Å². The number of halogens is 1. The first kappa shape index (κ1) is 19.7. The molecule has 0 bridgehead atoms. The lowest BCUT2D eigenvalue weighted by Crippen LogP contribution is -1.98. The number of imidazole rings is 1. The van der Waals surface area contributed by atoms with Crippen LogP contribution in [0.2, 0.25) is 0 Å². The van der Waals surface area contributed by atoms with Crippen molar-refractivity contribution in [3.63, 3.8) is 0 Å². The summed E-state index contributed by atoms with van der Waals surface area (Å²) in [6, 6.07) is 16.1. The zero-order valence-corrected chi connectivity index (χ0v) is 17.9. The highest BCUT2D eigenvalue weighted by molar-refractivity contribution is 5.92. The molecular weight excluding hydrogens is 407 g/mol. The normalized spacial score (nSPS) is 11.1. The summed E-state index contributed by atoms with van der Waals surface area (Å²) in [5.41, 5.74) is 5.20. The standard InChI is InChI=1S/C24H21FN6O/c1-30-14-16(13-26-30)18-11-12-21(28-24(18)32-3)27-19-5-4-6-20-22(19)29-23(31(20)2)15-7-9-17(25)10-8-15/h4-14H,1-3H3,(H,27,28). The van der Waals surface area contributed by atoms with Crippen LogP contribution in [0.1, 0.15) is 0 Å². The van der Waals surface area contributed by atoms with Gasteiger partial charge in [-0.05, 0) is 48.5 Å². The van der Waals surface area contributed by atoms with Crippen LogP contribution in [0.25, 0.3) is 33.5 Å². The average Bonchev–Trinajstić information content (AvgIpc) is 3.38. The van der Waals surface area contributed by atoms with Crippen molar-refractivity contribution >= 4 is 22.5 Å². The minimum atomic E-state index is -0.273. The number of aryl methyl sites for hydroxylation is 2. The predicted octanol–water partition coefficient (Wildman–Crippen LogP) is 4.93. The Kier molecular flexibility index (Phi) is 4.82. The molecule has 0 fully saturated rings. The van der Waals surface area contributed by atoms with Crippen molar-refractivity contribution in [1.29, 1.82) is 0 Å². The molecule has 1 N–H and O–H groups in total. The maximum atomic E-state index is 13.4. The Balaban J connectivity index is 1.53. The second kappa shape index (κ2) is 7.81. The van der Waals surface area contributed by atoms with E-state index < -0.39 is 0 Å². The molecule has 0 aliphatic heterocycles. The van der Waals surface area contributed by atoms with Gasteiger partial charge in [0.1, 0.15) is 23.0 Å². The molecule has 8 heteroatoms. The number of nitrogens with zero attached hydrogens (tertiary/aromatic N) is 5. The molecule has 0 saturated heterocycles. The number of hydrogen-bond donors (Lipinski definition) is 1. The molecule has 0 atom stereocenters. The Hall–Kier alpha value is -4.20. The van der Waals surface area contributed by atoms with Gasteiger partial charge in [-0.15, -0.1) is 0 Å². The summed E-state index contributed by atoms with van der Waals surface area (Å²) < 4.78 is 22.6. The van der Waals surface area contributed by atoms with Gasteiger partial charge in [-0.3, -0.25) is 4.68 Å². The molecule has 32 heavy (non-hydrogen) atoms. The lowest BCUT2D eigenvalue weighted by molar-refractivity contribution is 0.400. The largest absolute Gasteiger partial charge is 0.480 e. The molecule has 5 aromatic rings. The molecule has 0 spiro atoms. The monoisotopic (exact) mass is 428 g/mol. The summed E-state index contributed by atoms with van der Waals surface area (Å²) in [5.74, 6) is 1.62. The third kappa shape index (κ3) is 3.45. The maximum absolute atomic E-state index is 13.4. The van der Waals surface area contributed by atoms with Crippen LogP contribution >= 0.6 is 0 Å². The van der Waals surface area contributed by atoms with Gasteiger partial charge in [-0.1, -0.05) is 6.07 Å². The van der Waals surface area contributed by atoms with Crippen LogP contribution in [0, 0.1) is 5.82 Å². The minimum absolute atomic E-state index is 0.273. The first-order valence-electron chi connectivity index (χ1n) is 10.1. The van der Waals surface area contributed by atoms with E-state index in [4.69, 9.17) is 9.72 Å². The van der Waals surface area contributed by atoms with E-state index in [-0.39, 0.29) is 5.82 Å². The number of para-hydroxylation sites is 1. The third-order valence-electron chi connectivity index (χ3n) is 5.35. The smallest absolute Gasteiger partial charge is 0.223 e. The number of methoxy groups -OCH3 is 1. The molecule has 0 radical (unpaired) electrons. The van der Waals surface area contributed by atoms with E-state index in [1.54, 1.807) is 30.1 Å². The highest BCUT2D eigenvalue weighted by Gasteiger charge is 2.15. The Morgan fingerprint density at radius 2 is 1.75 bits per heavy atom. The minimum Gasteiger partial charge on any atom is -0.480 e. The first-order valence-corrected chi connectivity index (χ1v) is 10.1. The lowest BCUT2D eigenvalue weighted by atomic mass is 10.1. The predicted molar refractivity (Wildman–Crippen MR) is 122 cm³/mol. The number of anilines is 2. The number of aromatic nitrogens is 5. The van der Waals surface area contributed by atoms with E-state index in [0.29, 0.717) is 11.7 Å². The molecule has 0 aliphatic rings. The van der Waals surface area contributed by atoms with Crippen LogP contribution in [0.3, 0.4) is 0 Å². The van der Waals surface area contributed by atoms with E-state index >= 15 is 0 Å². The molecule has 160 valence electrons. The number of pyridine rings is 1. The first-order chi connectivity index (χ1) is 15.5. The van der Waals surface area contributed by atoms with Gasteiger partial charge in [0.05, 0.1) is 24.5 Å². The average molecular weight is 428 g/mol. The van der Waals surface area contributed by atoms with Crippen LogP contribution in [0.5, 0.6) is 5.88 Å². The maximum Gasteiger partial charge on any atom is 0.223 e. The summed E-state index contributed by atoms with van der Waals surface area (Å²) in [5, 5.41) is 7.58. The van der Waals surface area contributed by atoms with Crippen molar-refractivity contribution in [2.75, 3.05) is 12.4 Å². The van der Waals surface area contributed by atoms with Gasteiger partial charge in [0, 0.05) is 37.0 Å². The summed E-state index contributed by atoms with van der Waals surface area (Å²) in [6.07, 6.45) is 3.69. The van der Waals surface area contributed by atoms with E-state index in [2.05, 4.69) is 15.4 Å². The number of nitrogens with one attached hydrogen (secondary N) is 1. The lowest BCUT2D eigenvalue weighted by Gasteiger charge is -2.10. The second-order valence-electron chi connectivity index (χ2n) is 7.46. The molecule has 0 aliphatic carbocycles. The molecule has 7 nitrogen and oxygen atoms in total. The van der Waals surface area contributed by atoms with Crippen molar-refractivity contribution < 1.29 is 9.13 Å². The fourth-order valence-electron chi connectivity index (χ4n) is 3.76. The highest BCUT2D eigenvalue weighted by Crippen LogP contribution is 2.33. The Bertz CT molecular complexity index is 1420. The van der Waals surface area contributed by atoms with E-state index in [1.807, 2.05) is 55.2 Å². The molecule has 3 heterocycles. The quantitative estimate of drug-likeness (QED) is 0.430. The van der Waals surface area contributed by atoms with Crippen molar-refractivity contribution in [2.45, 2.75) is 0 Å². The topological polar surface area (TPSA) is 69.8 Å². The summed E-state index contributed by atoms with van der Waals surface area (Å²) in [6.45, 7) is 0. The number of hydrogen-bond acceptors (Lipinski definition) is 5. The SMILES string of the molecule is COc1nc(Nc2cccc3c2nc(-c2ccc(F)cc2)n3C)ccc1-c1cnn(C)c1. The third-order valence-corrected chi connectivity index (χ3v) is 5.35. The van der Waals surface area contributed by atoms with Crippen LogP contribution in [-0.4, -0.2) is 31.4 Å². The molecule has 0 unspecified atom stereocenters. The van der Waals surface area contributed by atoms with Gasteiger partial charge in [-0.25, -0.2) is 9.37 Å². The van der Waals surface area contributed by atoms with Gasteiger partial charge in [0.25, 0.3) is 0 Å². The van der Waals surface area contributed by atoms with Gasteiger partial charge >= 0.3 is 0 Å². The number of ether oxygens (including phenoxy) is 1. The molecule has 2 aromatic carbocycles. The zero-order valence-electron chi connectivity index (χ0n) is 17.9. The van der Waals surface area contributed by atoms with Crippen LogP contribution in [-0.2, 0) is 14.1 Å². The van der Waals surface area contributed by atoms with Gasteiger partial charge in [0.2, 0.25) is 5.88 Å². The van der Waals surface area contributed by atoms with Crippen molar-refractivity contribution in [2.24, 2.45) is 14.1 Å². The van der Waals surface area contributed by atoms with Crippen molar-refractivity contribution in [1.82, 2.24) is 24.3 Å². The molecule has 3 aromatic heterocycles. The van der Waals surface area contributed by atoms with E-state index in [0.717, 1.165) is 39.2 Å². The molecule has 5 rings (SSSR count). The molecule has 0 amide bonds. The fraction of sp³-hybridized carbons (Fsp3) is 0.125. The van der Waals surface area contributed by atoms with Crippen LogP contribution in [0.4, 0.5) is 15.9 Å². The van der Waals surface area contributed by atoms with Gasteiger partial charge in [-0.2, -0.15) is 10.1 Å². The number of rotatable bonds is 5. The van der Waals surface area contributed by atoms with Gasteiger partial charge < -0.3 is 14.6 Å². The molecular formula is C24H21FN6O. The van der Waals surface area contributed by atoms with Crippen LogP contribution in [0.15, 0.2) is 67.0 Å². The second-order valence-corrected chi connectivity index (χ2v) is 7.46. The number of fused-ring (bicyclic) bond motifs is 1. The highest BCUT2D eigenvalue weighted by atomic mass is 19.1. The van der Waals surface area contributed by atoms with E-state index in [1.165, 1.54) is 12.1 Å². The summed E-state index contributed by atoms with van der Waals surface area (Å²) >= 11 is 0. The zero-order chi connectivity index (χ0) is 22.2. The van der Waals surface area contributed by atoms with Crippen LogP contribution < -0.4 is 10.1 Å². The summed E-state index contributed by atoms with van der Waals surface area (Å²) in [7, 11) is 5.41. The Labute approximate surface area is 184 Å². The number of benzene rings is 2. The van der Waals surface area contributed by atoms with Gasteiger partial charge in [0.15, 0.2) is 0 Å². The van der Waals surface area contributed by atoms with E-state index in [9.17, 15) is 4.39 Å². The van der Waals surface area contributed by atoms with Crippen molar-refractivity contribution in [3.8, 4) is 28.4 Å². The summed E-state index contributed by atoms with van der Waals surface area (Å²) in [4.78, 5) is 9.46.